The van der Waals surface area contributed by atoms with E-state index in [0.717, 1.165) is 50.8 Å². The third-order valence-corrected chi connectivity index (χ3v) is 3.63. The predicted octanol–water partition coefficient (Wildman–Crippen LogP) is 1.36. The largest absolute Gasteiger partial charge is 0.465 e. The highest BCUT2D eigenvalue weighted by atomic mass is 16.3. The topological polar surface area (TPSA) is 40.4 Å². The van der Waals surface area contributed by atoms with Gasteiger partial charge in [-0.1, -0.05) is 0 Å². The first kappa shape index (κ1) is 13.6. The second-order valence-electron chi connectivity index (χ2n) is 5.67. The van der Waals surface area contributed by atoms with Crippen LogP contribution in [0.25, 0.3) is 0 Å². The van der Waals surface area contributed by atoms with Crippen molar-refractivity contribution in [1.82, 2.24) is 15.5 Å². The van der Waals surface area contributed by atoms with Crippen molar-refractivity contribution < 1.29 is 4.42 Å². The molecule has 18 heavy (non-hydrogen) atoms. The van der Waals surface area contributed by atoms with Crippen molar-refractivity contribution in [3.63, 3.8) is 0 Å². The summed E-state index contributed by atoms with van der Waals surface area (Å²) >= 11 is 0. The van der Waals surface area contributed by atoms with E-state index in [1.807, 2.05) is 19.1 Å². The van der Waals surface area contributed by atoms with Gasteiger partial charge in [0.2, 0.25) is 0 Å². The number of rotatable bonds is 5. The minimum atomic E-state index is 0.198. The third-order valence-electron chi connectivity index (χ3n) is 3.63. The monoisotopic (exact) mass is 251 g/mol. The molecule has 0 saturated carbocycles. The van der Waals surface area contributed by atoms with Gasteiger partial charge in [0.1, 0.15) is 11.5 Å². The molecule has 0 radical (unpaired) electrons. The van der Waals surface area contributed by atoms with E-state index in [1.165, 1.54) is 0 Å². The Bertz CT molecular complexity index is 367. The molecule has 0 aromatic carbocycles. The second kappa shape index (κ2) is 5.87. The Morgan fingerprint density at radius 2 is 2.06 bits per heavy atom. The number of furan rings is 1. The molecule has 1 aliphatic heterocycles. The molecule has 1 aliphatic rings. The van der Waals surface area contributed by atoms with Crippen molar-refractivity contribution >= 4 is 0 Å². The molecule has 1 aromatic heterocycles. The van der Waals surface area contributed by atoms with Crippen LogP contribution in [0.3, 0.4) is 0 Å². The predicted molar refractivity (Wildman–Crippen MR) is 73.7 cm³/mol. The lowest BCUT2D eigenvalue weighted by atomic mass is 10.0. The standard InChI is InChI=1S/C14H25N3O/c1-12-4-5-13(18-12)10-16-11-14(2,3)17-8-6-15-7-9-17/h4-5,15-16H,6-11H2,1-3H3. The van der Waals surface area contributed by atoms with E-state index in [4.69, 9.17) is 4.42 Å². The molecule has 4 nitrogen and oxygen atoms in total. The zero-order chi connectivity index (χ0) is 13.0. The molecule has 2 rings (SSSR count). The summed E-state index contributed by atoms with van der Waals surface area (Å²) in [6.45, 7) is 12.8. The molecular weight excluding hydrogens is 226 g/mol. The van der Waals surface area contributed by atoms with Gasteiger partial charge in [-0.15, -0.1) is 0 Å². The molecular formula is C14H25N3O. The Hall–Kier alpha value is -0.840. The van der Waals surface area contributed by atoms with Crippen LogP contribution in [0.2, 0.25) is 0 Å². The summed E-state index contributed by atoms with van der Waals surface area (Å²) in [5.41, 5.74) is 0.198. The number of aryl methyl sites for hydroxylation is 1. The Balaban J connectivity index is 1.77. The molecule has 0 amide bonds. The summed E-state index contributed by atoms with van der Waals surface area (Å²) in [5, 5.41) is 6.89. The van der Waals surface area contributed by atoms with Gasteiger partial charge in [-0.25, -0.2) is 0 Å². The molecule has 2 heterocycles. The minimum absolute atomic E-state index is 0.198. The minimum Gasteiger partial charge on any atom is -0.465 e. The van der Waals surface area contributed by atoms with Crippen molar-refractivity contribution in [3.8, 4) is 0 Å². The first-order valence-electron chi connectivity index (χ1n) is 6.80. The van der Waals surface area contributed by atoms with Gasteiger partial charge in [0, 0.05) is 38.3 Å². The van der Waals surface area contributed by atoms with E-state index < -0.39 is 0 Å². The van der Waals surface area contributed by atoms with E-state index in [-0.39, 0.29) is 5.54 Å². The zero-order valence-electron chi connectivity index (χ0n) is 11.8. The molecule has 0 spiro atoms. The fourth-order valence-corrected chi connectivity index (χ4v) is 2.45. The Labute approximate surface area is 110 Å². The highest BCUT2D eigenvalue weighted by molar-refractivity contribution is 5.05. The smallest absolute Gasteiger partial charge is 0.117 e. The maximum Gasteiger partial charge on any atom is 0.117 e. The third kappa shape index (κ3) is 3.57. The van der Waals surface area contributed by atoms with Crippen LogP contribution in [0, 0.1) is 6.92 Å². The van der Waals surface area contributed by atoms with E-state index in [2.05, 4.69) is 29.4 Å². The molecule has 4 heteroatoms. The number of nitrogens with one attached hydrogen (secondary N) is 2. The normalized spacial score (nSPS) is 18.2. The van der Waals surface area contributed by atoms with Gasteiger partial charge in [0.25, 0.3) is 0 Å². The number of nitrogens with zero attached hydrogens (tertiary/aromatic N) is 1. The summed E-state index contributed by atoms with van der Waals surface area (Å²) in [6, 6.07) is 4.05. The molecule has 1 fully saturated rings. The van der Waals surface area contributed by atoms with Crippen LogP contribution in [0.4, 0.5) is 0 Å². The van der Waals surface area contributed by atoms with Crippen LogP contribution in [-0.4, -0.2) is 43.2 Å². The lowest BCUT2D eigenvalue weighted by Gasteiger charge is -2.41. The number of piperazine rings is 1. The molecule has 102 valence electrons. The summed E-state index contributed by atoms with van der Waals surface area (Å²) in [4.78, 5) is 2.55. The first-order valence-corrected chi connectivity index (χ1v) is 6.80. The SMILES string of the molecule is Cc1ccc(CNCC(C)(C)N2CCNCC2)o1. The number of hydrogen-bond donors (Lipinski definition) is 2. The van der Waals surface area contributed by atoms with Gasteiger partial charge >= 0.3 is 0 Å². The van der Waals surface area contributed by atoms with Crippen molar-refractivity contribution in [3.05, 3.63) is 23.7 Å². The Morgan fingerprint density at radius 3 is 2.67 bits per heavy atom. The van der Waals surface area contributed by atoms with Crippen LogP contribution >= 0.6 is 0 Å². The van der Waals surface area contributed by atoms with E-state index in [9.17, 15) is 0 Å². The van der Waals surface area contributed by atoms with Crippen molar-refractivity contribution in [2.45, 2.75) is 32.9 Å². The highest BCUT2D eigenvalue weighted by Crippen LogP contribution is 2.14. The average molecular weight is 251 g/mol. The van der Waals surface area contributed by atoms with Crippen LogP contribution in [-0.2, 0) is 6.54 Å². The summed E-state index contributed by atoms with van der Waals surface area (Å²) in [5.74, 6) is 2.00. The molecule has 0 atom stereocenters. The number of hydrogen-bond acceptors (Lipinski definition) is 4. The fourth-order valence-electron chi connectivity index (χ4n) is 2.45. The highest BCUT2D eigenvalue weighted by Gasteiger charge is 2.27. The van der Waals surface area contributed by atoms with Crippen LogP contribution in [0.1, 0.15) is 25.4 Å². The van der Waals surface area contributed by atoms with Gasteiger partial charge in [0.05, 0.1) is 6.54 Å². The quantitative estimate of drug-likeness (QED) is 0.829. The molecule has 1 aromatic rings. The molecule has 1 saturated heterocycles. The van der Waals surface area contributed by atoms with Gasteiger partial charge < -0.3 is 15.1 Å². The van der Waals surface area contributed by atoms with Gasteiger partial charge in [-0.2, -0.15) is 0 Å². The first-order chi connectivity index (χ1) is 8.58. The summed E-state index contributed by atoms with van der Waals surface area (Å²) in [6.07, 6.45) is 0. The average Bonchev–Trinajstić information content (AvgIpc) is 2.76. The fraction of sp³-hybridized carbons (Fsp3) is 0.714. The molecule has 0 bridgehead atoms. The van der Waals surface area contributed by atoms with E-state index >= 15 is 0 Å². The van der Waals surface area contributed by atoms with Crippen molar-refractivity contribution in [1.29, 1.82) is 0 Å². The zero-order valence-corrected chi connectivity index (χ0v) is 11.8. The van der Waals surface area contributed by atoms with Crippen LogP contribution in [0.15, 0.2) is 16.5 Å². The van der Waals surface area contributed by atoms with Gasteiger partial charge in [0.15, 0.2) is 0 Å². The van der Waals surface area contributed by atoms with Gasteiger partial charge in [-0.3, -0.25) is 4.90 Å². The lowest BCUT2D eigenvalue weighted by Crippen LogP contribution is -2.57. The van der Waals surface area contributed by atoms with Crippen molar-refractivity contribution in [2.75, 3.05) is 32.7 Å². The second-order valence-corrected chi connectivity index (χ2v) is 5.67. The molecule has 0 unspecified atom stereocenters. The van der Waals surface area contributed by atoms with E-state index in [0.29, 0.717) is 0 Å². The lowest BCUT2D eigenvalue weighted by molar-refractivity contribution is 0.101. The maximum absolute atomic E-state index is 5.56. The van der Waals surface area contributed by atoms with Crippen LogP contribution < -0.4 is 10.6 Å². The summed E-state index contributed by atoms with van der Waals surface area (Å²) in [7, 11) is 0. The molecule has 2 N–H and O–H groups in total. The Morgan fingerprint density at radius 1 is 1.33 bits per heavy atom. The maximum atomic E-state index is 5.56. The van der Waals surface area contributed by atoms with Crippen molar-refractivity contribution in [2.24, 2.45) is 0 Å². The summed E-state index contributed by atoms with van der Waals surface area (Å²) < 4.78 is 5.56. The van der Waals surface area contributed by atoms with Crippen LogP contribution in [0.5, 0.6) is 0 Å². The Kier molecular flexibility index (Phi) is 4.43. The molecule has 0 aliphatic carbocycles. The van der Waals surface area contributed by atoms with Gasteiger partial charge in [-0.05, 0) is 32.9 Å². The van der Waals surface area contributed by atoms with E-state index in [1.54, 1.807) is 0 Å².